The molecule has 6 aromatic rings. The zero-order valence-corrected chi connectivity index (χ0v) is 26.1. The molecule has 0 amide bonds. The van der Waals surface area contributed by atoms with Crippen molar-refractivity contribution in [1.29, 1.82) is 0 Å². The number of hydrogen-bond acceptors (Lipinski definition) is 9. The van der Waals surface area contributed by atoms with Crippen LogP contribution < -0.4 is 9.47 Å². The van der Waals surface area contributed by atoms with E-state index in [1.165, 1.54) is 0 Å². The van der Waals surface area contributed by atoms with Gasteiger partial charge in [0.25, 0.3) is 0 Å². The second-order valence-electron chi connectivity index (χ2n) is 9.09. The van der Waals surface area contributed by atoms with E-state index in [4.69, 9.17) is 9.47 Å². The number of aliphatic carboxylic acids is 1. The van der Waals surface area contributed by atoms with Crippen molar-refractivity contribution in [2.45, 2.75) is 19.1 Å². The summed E-state index contributed by atoms with van der Waals surface area (Å²) in [7, 11) is 0. The van der Waals surface area contributed by atoms with E-state index < -0.39 is 17.6 Å². The number of fused-ring (bicyclic) bond motifs is 2. The van der Waals surface area contributed by atoms with Crippen molar-refractivity contribution in [2.75, 3.05) is 0 Å². The van der Waals surface area contributed by atoms with Crippen LogP contribution in [0.1, 0.15) is 27.1 Å². The maximum absolute atomic E-state index is 12.0. The van der Waals surface area contributed by atoms with Gasteiger partial charge in [-0.15, -0.1) is 22.7 Å². The first-order valence-electron chi connectivity index (χ1n) is 12.7. The number of oxime groups is 1. The summed E-state index contributed by atoms with van der Waals surface area (Å²) >= 11 is 3.16. The molecule has 8 nitrogen and oxygen atoms in total. The smallest absolute Gasteiger partial charge is 0.354 e. The average Bonchev–Trinajstić information content (AvgIpc) is 3.62. The summed E-state index contributed by atoms with van der Waals surface area (Å²) in [6.07, 6.45) is 0. The molecule has 0 aliphatic heterocycles. The Hall–Kier alpha value is -3.80. The molecule has 0 spiro atoms. The monoisotopic (exact) mass is 604 g/mol. The predicted octanol–water partition coefficient (Wildman–Crippen LogP) is 6.73. The van der Waals surface area contributed by atoms with Gasteiger partial charge in [0, 0.05) is 29.6 Å². The molecule has 205 valence electrons. The molecular formula is C31H23N3NaO5S2. The molecule has 2 aromatic heterocycles. The van der Waals surface area contributed by atoms with E-state index in [-0.39, 0.29) is 29.6 Å². The number of carbonyl (C=O) groups is 1. The molecule has 0 aliphatic rings. The molecule has 0 aliphatic carbocycles. The van der Waals surface area contributed by atoms with Crippen LogP contribution in [0, 0.1) is 0 Å². The number of nitrogens with zero attached hydrogens (tertiary/aromatic N) is 3. The van der Waals surface area contributed by atoms with Crippen molar-refractivity contribution in [1.82, 2.24) is 9.97 Å². The number of aromatic nitrogens is 2. The minimum atomic E-state index is -1.31. The van der Waals surface area contributed by atoms with Crippen LogP contribution in [0.4, 0.5) is 0 Å². The summed E-state index contributed by atoms with van der Waals surface area (Å²) in [5, 5.41) is 24.2. The SMILES string of the molecule is O=C(O)C(=NO)C(c1ccc(OCc2nc3ccccc3s2)cc1)c1ccc(OCc2nc3ccccc3s2)cc1.[Na]. The van der Waals surface area contributed by atoms with E-state index in [9.17, 15) is 15.1 Å². The van der Waals surface area contributed by atoms with E-state index in [0.29, 0.717) is 35.8 Å². The topological polar surface area (TPSA) is 114 Å². The van der Waals surface area contributed by atoms with Gasteiger partial charge in [-0.05, 0) is 59.7 Å². The Balaban J connectivity index is 0.00000353. The molecule has 0 saturated carbocycles. The Bertz CT molecular complexity index is 1670. The Labute approximate surface area is 271 Å². The van der Waals surface area contributed by atoms with Gasteiger partial charge in [0.1, 0.15) is 34.7 Å². The third-order valence-electron chi connectivity index (χ3n) is 6.43. The van der Waals surface area contributed by atoms with Crippen LogP contribution in [0.15, 0.2) is 102 Å². The van der Waals surface area contributed by atoms with Gasteiger partial charge in [-0.3, -0.25) is 0 Å². The summed E-state index contributed by atoms with van der Waals surface area (Å²) in [6, 6.07) is 30.0. The number of hydrogen-bond donors (Lipinski definition) is 2. The molecule has 0 bridgehead atoms. The van der Waals surface area contributed by atoms with Crippen LogP contribution in [-0.4, -0.2) is 61.5 Å². The number of thiazole rings is 2. The van der Waals surface area contributed by atoms with Crippen molar-refractivity contribution in [3.63, 3.8) is 0 Å². The van der Waals surface area contributed by atoms with Crippen LogP contribution in [-0.2, 0) is 18.0 Å². The zero-order valence-electron chi connectivity index (χ0n) is 22.5. The first kappa shape index (κ1) is 29.7. The van der Waals surface area contributed by atoms with Gasteiger partial charge in [0.2, 0.25) is 0 Å². The van der Waals surface area contributed by atoms with Gasteiger partial charge in [-0.2, -0.15) is 0 Å². The Kier molecular flexibility index (Phi) is 9.51. The molecule has 0 fully saturated rings. The first-order chi connectivity index (χ1) is 20.1. The fourth-order valence-electron chi connectivity index (χ4n) is 4.50. The van der Waals surface area contributed by atoms with Crippen molar-refractivity contribution in [3.05, 3.63) is 118 Å². The van der Waals surface area contributed by atoms with E-state index in [1.807, 2.05) is 48.5 Å². The van der Waals surface area contributed by atoms with Crippen molar-refractivity contribution >= 4 is 84.3 Å². The van der Waals surface area contributed by atoms with Gasteiger partial charge in [0.05, 0.1) is 26.4 Å². The molecule has 1 radical (unpaired) electrons. The molecule has 0 saturated heterocycles. The van der Waals surface area contributed by atoms with Crippen molar-refractivity contribution < 1.29 is 24.6 Å². The second-order valence-corrected chi connectivity index (χ2v) is 11.3. The van der Waals surface area contributed by atoms with E-state index in [2.05, 4.69) is 15.1 Å². The van der Waals surface area contributed by atoms with Crippen LogP contribution in [0.5, 0.6) is 11.5 Å². The van der Waals surface area contributed by atoms with Gasteiger partial charge in [-0.1, -0.05) is 53.7 Å². The molecule has 2 heterocycles. The Morgan fingerprint density at radius 1 is 0.714 bits per heavy atom. The molecule has 42 heavy (non-hydrogen) atoms. The zero-order chi connectivity index (χ0) is 28.2. The third-order valence-corrected chi connectivity index (χ3v) is 8.45. The molecule has 2 N–H and O–H groups in total. The van der Waals surface area contributed by atoms with E-state index in [1.54, 1.807) is 71.2 Å². The Morgan fingerprint density at radius 2 is 1.14 bits per heavy atom. The van der Waals surface area contributed by atoms with Crippen LogP contribution in [0.25, 0.3) is 20.4 Å². The molecule has 4 aromatic carbocycles. The first-order valence-corrected chi connectivity index (χ1v) is 14.3. The van der Waals surface area contributed by atoms with Gasteiger partial charge in [-0.25, -0.2) is 14.8 Å². The summed E-state index contributed by atoms with van der Waals surface area (Å²) in [4.78, 5) is 21.1. The number of carboxylic acid groups (broad SMARTS) is 1. The number of ether oxygens (including phenoxy) is 2. The van der Waals surface area contributed by atoms with Crippen molar-refractivity contribution in [3.8, 4) is 11.5 Å². The fourth-order valence-corrected chi connectivity index (χ4v) is 6.26. The van der Waals surface area contributed by atoms with Gasteiger partial charge >= 0.3 is 5.97 Å². The average molecular weight is 605 g/mol. The van der Waals surface area contributed by atoms with Crippen molar-refractivity contribution in [2.24, 2.45) is 5.16 Å². The quantitative estimate of drug-likeness (QED) is 0.0771. The van der Waals surface area contributed by atoms with Crippen LogP contribution in [0.3, 0.4) is 0 Å². The number of para-hydroxylation sites is 2. The molecule has 6 rings (SSSR count). The number of benzene rings is 4. The summed E-state index contributed by atoms with van der Waals surface area (Å²) < 4.78 is 14.0. The third kappa shape index (κ3) is 6.64. The summed E-state index contributed by atoms with van der Waals surface area (Å²) in [6.45, 7) is 0.637. The fraction of sp³-hybridized carbons (Fsp3) is 0.0968. The van der Waals surface area contributed by atoms with Crippen LogP contribution in [0.2, 0.25) is 0 Å². The molecular weight excluding hydrogens is 581 g/mol. The van der Waals surface area contributed by atoms with E-state index in [0.717, 1.165) is 30.4 Å². The number of rotatable bonds is 10. The molecule has 11 heteroatoms. The normalized spacial score (nSPS) is 11.5. The molecule has 0 unspecified atom stereocenters. The molecule has 0 atom stereocenters. The van der Waals surface area contributed by atoms with Crippen LogP contribution >= 0.6 is 22.7 Å². The van der Waals surface area contributed by atoms with Gasteiger partial charge < -0.3 is 19.8 Å². The maximum atomic E-state index is 12.0. The van der Waals surface area contributed by atoms with E-state index >= 15 is 0 Å². The predicted molar refractivity (Wildman–Crippen MR) is 165 cm³/mol. The Morgan fingerprint density at radius 3 is 1.52 bits per heavy atom. The largest absolute Gasteiger partial charge is 0.486 e. The summed E-state index contributed by atoms with van der Waals surface area (Å²) in [5.74, 6) is -0.898. The minimum Gasteiger partial charge on any atom is -0.486 e. The second kappa shape index (κ2) is 13.5. The summed E-state index contributed by atoms with van der Waals surface area (Å²) in [5.41, 5.74) is 2.75. The van der Waals surface area contributed by atoms with Gasteiger partial charge in [0.15, 0.2) is 5.71 Å². The maximum Gasteiger partial charge on any atom is 0.354 e. The number of carboxylic acids is 1. The minimum absolute atomic E-state index is 0. The standard InChI is InChI=1S/C31H23N3O5S2.Na/c35-31(36)30(34-37)29(19-9-13-21(14-10-19)38-17-27-32-23-5-1-3-7-25(23)40-27)20-11-15-22(16-12-20)39-18-28-33-24-6-2-4-8-26(24)41-28;/h1-16,29,37H,17-18H2,(H,35,36);.